The van der Waals surface area contributed by atoms with Crippen LogP contribution in [0.15, 0.2) is 66.9 Å². The second kappa shape index (κ2) is 7.40. The van der Waals surface area contributed by atoms with Crippen LogP contribution in [0, 0.1) is 17.2 Å². The molecule has 1 aliphatic carbocycles. The number of phenols is 1. The molecule has 2 N–H and O–H groups in total. The third kappa shape index (κ3) is 2.78. The van der Waals surface area contributed by atoms with Crippen molar-refractivity contribution in [1.82, 2.24) is 4.57 Å². The van der Waals surface area contributed by atoms with Crippen molar-refractivity contribution in [2.24, 2.45) is 5.92 Å². The number of para-hydroxylation sites is 1. The Morgan fingerprint density at radius 1 is 1.05 bits per heavy atom. The van der Waals surface area contributed by atoms with Crippen molar-refractivity contribution < 1.29 is 19.5 Å². The van der Waals surface area contributed by atoms with Gasteiger partial charge in [0.25, 0.3) is 0 Å². The number of phenolic OH excluding ortho intramolecular Hbond substituents is 1. The van der Waals surface area contributed by atoms with Crippen LogP contribution in [0.1, 0.15) is 58.2 Å². The minimum absolute atomic E-state index is 0.0600. The normalized spacial score (nSPS) is 20.1. The molecule has 6 rings (SSSR count). The summed E-state index contributed by atoms with van der Waals surface area (Å²) in [5.74, 6) is -3.25. The number of Topliss-reactive ketones (excluding diaryl/α,β-unsaturated/α-hetero) is 2. The van der Waals surface area contributed by atoms with Crippen LogP contribution >= 0.6 is 0 Å². The summed E-state index contributed by atoms with van der Waals surface area (Å²) in [6.07, 6.45) is 1.63. The van der Waals surface area contributed by atoms with Gasteiger partial charge in [0.2, 0.25) is 5.91 Å². The van der Waals surface area contributed by atoms with E-state index >= 15 is 0 Å². The monoisotopic (exact) mass is 489 g/mol. The van der Waals surface area contributed by atoms with Crippen LogP contribution < -0.4 is 5.32 Å². The zero-order valence-corrected chi connectivity index (χ0v) is 20.5. The molecule has 4 aromatic rings. The lowest BCUT2D eigenvalue weighted by atomic mass is 9.60. The van der Waals surface area contributed by atoms with Gasteiger partial charge >= 0.3 is 0 Å². The van der Waals surface area contributed by atoms with Gasteiger partial charge in [-0.15, -0.1) is 0 Å². The van der Waals surface area contributed by atoms with E-state index in [1.165, 1.54) is 12.1 Å². The highest BCUT2D eigenvalue weighted by molar-refractivity contribution is 6.30. The van der Waals surface area contributed by atoms with Crippen LogP contribution in [0.3, 0.4) is 0 Å². The highest BCUT2D eigenvalue weighted by atomic mass is 16.3. The Labute approximate surface area is 213 Å². The number of nitriles is 1. The van der Waals surface area contributed by atoms with E-state index in [9.17, 15) is 24.8 Å². The molecule has 182 valence electrons. The summed E-state index contributed by atoms with van der Waals surface area (Å²) < 4.78 is 1.78. The van der Waals surface area contributed by atoms with Gasteiger partial charge < -0.3 is 15.0 Å². The molecule has 0 saturated carbocycles. The molecule has 3 aromatic carbocycles. The average molecular weight is 490 g/mol. The number of hydrogen-bond donors (Lipinski definition) is 2. The first-order valence-corrected chi connectivity index (χ1v) is 12.0. The summed E-state index contributed by atoms with van der Waals surface area (Å²) in [5.41, 5.74) is -0.944. The molecule has 1 spiro atoms. The summed E-state index contributed by atoms with van der Waals surface area (Å²) >= 11 is 0. The first-order valence-electron chi connectivity index (χ1n) is 12.0. The van der Waals surface area contributed by atoms with Crippen molar-refractivity contribution in [1.29, 1.82) is 5.26 Å². The lowest BCUT2D eigenvalue weighted by molar-refractivity contribution is -0.120. The predicted octanol–water partition coefficient (Wildman–Crippen LogP) is 4.91. The number of nitrogens with zero attached hydrogens (tertiary/aromatic N) is 2. The Hall–Kier alpha value is -4.70. The van der Waals surface area contributed by atoms with E-state index in [1.807, 2.05) is 32.9 Å². The SMILES string of the molecule is CC(C)(C)n1cc(C#N)c2c1NC(=O)[C@@H](C(=O)c1ccccc1O)[C@]21C(=O)c2cccc3cccc1c23. The molecule has 1 aliphatic heterocycles. The first kappa shape index (κ1) is 22.7. The first-order chi connectivity index (χ1) is 17.6. The Kier molecular flexibility index (Phi) is 4.55. The van der Waals surface area contributed by atoms with Crippen molar-refractivity contribution in [3.8, 4) is 11.8 Å². The minimum Gasteiger partial charge on any atom is -0.507 e. The largest absolute Gasteiger partial charge is 0.507 e. The second-order valence-corrected chi connectivity index (χ2v) is 10.6. The average Bonchev–Trinajstić information content (AvgIpc) is 3.36. The number of carbonyl (C=O) groups excluding carboxylic acids is 3. The highest BCUT2D eigenvalue weighted by Crippen LogP contribution is 2.57. The third-order valence-electron chi connectivity index (χ3n) is 7.54. The van der Waals surface area contributed by atoms with Gasteiger partial charge in [0.1, 0.15) is 29.0 Å². The molecule has 0 bridgehead atoms. The number of rotatable bonds is 2. The number of nitrogens with one attached hydrogen (secondary N) is 1. The smallest absolute Gasteiger partial charge is 0.238 e. The van der Waals surface area contributed by atoms with Gasteiger partial charge in [0.15, 0.2) is 11.6 Å². The molecule has 1 amide bonds. The molecule has 2 aliphatic rings. The van der Waals surface area contributed by atoms with E-state index < -0.39 is 34.3 Å². The maximum atomic E-state index is 14.6. The summed E-state index contributed by atoms with van der Waals surface area (Å²) in [5, 5.41) is 25.1. The Bertz CT molecular complexity index is 1730. The van der Waals surface area contributed by atoms with Gasteiger partial charge in [-0.05, 0) is 49.2 Å². The molecule has 0 radical (unpaired) electrons. The molecule has 2 atom stereocenters. The molecular weight excluding hydrogens is 466 g/mol. The van der Waals surface area contributed by atoms with Crippen LogP contribution in [0.5, 0.6) is 5.75 Å². The van der Waals surface area contributed by atoms with Crippen LogP contribution in [0.2, 0.25) is 0 Å². The van der Waals surface area contributed by atoms with Crippen molar-refractivity contribution >= 4 is 34.1 Å². The number of anilines is 1. The zero-order chi connectivity index (χ0) is 26.3. The highest BCUT2D eigenvalue weighted by Gasteiger charge is 2.63. The number of fused-ring (bicyclic) bond motifs is 3. The van der Waals surface area contributed by atoms with E-state index in [0.717, 1.165) is 5.39 Å². The van der Waals surface area contributed by atoms with Crippen molar-refractivity contribution in [3.05, 3.63) is 94.7 Å². The molecule has 7 heteroatoms. The van der Waals surface area contributed by atoms with Gasteiger partial charge in [0.05, 0.1) is 11.1 Å². The van der Waals surface area contributed by atoms with E-state index in [1.54, 1.807) is 47.2 Å². The number of ketones is 2. The predicted molar refractivity (Wildman–Crippen MR) is 138 cm³/mol. The van der Waals surface area contributed by atoms with Crippen LogP contribution in [0.25, 0.3) is 10.8 Å². The fraction of sp³-hybridized carbons (Fsp3) is 0.200. The van der Waals surface area contributed by atoms with Gasteiger partial charge in [-0.25, -0.2) is 0 Å². The summed E-state index contributed by atoms with van der Waals surface area (Å²) in [6.45, 7) is 5.79. The second-order valence-electron chi connectivity index (χ2n) is 10.6. The summed E-state index contributed by atoms with van der Waals surface area (Å²) in [7, 11) is 0. The van der Waals surface area contributed by atoms with Gasteiger partial charge in [-0.3, -0.25) is 14.4 Å². The molecular formula is C30H23N3O4. The Morgan fingerprint density at radius 3 is 2.43 bits per heavy atom. The van der Waals surface area contributed by atoms with Gasteiger partial charge in [-0.1, -0.05) is 48.5 Å². The maximum Gasteiger partial charge on any atom is 0.238 e. The van der Waals surface area contributed by atoms with E-state index in [-0.39, 0.29) is 16.9 Å². The number of aromatic nitrogens is 1. The van der Waals surface area contributed by atoms with Crippen molar-refractivity contribution in [2.45, 2.75) is 31.7 Å². The van der Waals surface area contributed by atoms with Crippen molar-refractivity contribution in [2.75, 3.05) is 5.32 Å². The van der Waals surface area contributed by atoms with Crippen LogP contribution in [-0.2, 0) is 15.7 Å². The Balaban J connectivity index is 1.78. The van der Waals surface area contributed by atoms with E-state index in [0.29, 0.717) is 27.9 Å². The number of hydrogen-bond acceptors (Lipinski definition) is 5. The molecule has 7 nitrogen and oxygen atoms in total. The lowest BCUT2D eigenvalue weighted by Gasteiger charge is -2.41. The molecule has 0 fully saturated rings. The molecule has 1 aromatic heterocycles. The quantitative estimate of drug-likeness (QED) is 0.307. The fourth-order valence-electron chi connectivity index (χ4n) is 6.05. The van der Waals surface area contributed by atoms with Gasteiger partial charge in [0, 0.05) is 22.9 Å². The maximum absolute atomic E-state index is 14.6. The Morgan fingerprint density at radius 2 is 1.76 bits per heavy atom. The zero-order valence-electron chi connectivity index (χ0n) is 20.5. The van der Waals surface area contributed by atoms with E-state index in [2.05, 4.69) is 11.4 Å². The molecule has 2 heterocycles. The topological polar surface area (TPSA) is 112 Å². The van der Waals surface area contributed by atoms with E-state index in [4.69, 9.17) is 0 Å². The van der Waals surface area contributed by atoms with Crippen LogP contribution in [0.4, 0.5) is 5.82 Å². The lowest BCUT2D eigenvalue weighted by Crippen LogP contribution is -2.54. The number of aromatic hydroxyl groups is 1. The fourth-order valence-corrected chi connectivity index (χ4v) is 6.05. The number of benzene rings is 3. The van der Waals surface area contributed by atoms with Crippen molar-refractivity contribution in [3.63, 3.8) is 0 Å². The molecule has 0 unspecified atom stereocenters. The van der Waals surface area contributed by atoms with Crippen LogP contribution in [-0.4, -0.2) is 27.1 Å². The third-order valence-corrected chi connectivity index (χ3v) is 7.54. The standard InChI is InChI=1S/C30H23N3O4/c1-29(2,3)33-15-17(14-31)23-27(33)32-28(37)24(25(35)18-10-4-5-13-21(18)34)30(23)20-12-7-9-16-8-6-11-19(22(16)20)26(30)36/h4-13,15,24,34H,1-3H3,(H,32,37)/t24-,30-/m1/s1. The molecule has 0 saturated heterocycles. The molecule has 37 heavy (non-hydrogen) atoms. The number of carbonyl (C=O) groups is 3. The van der Waals surface area contributed by atoms with Gasteiger partial charge in [-0.2, -0.15) is 5.26 Å². The summed E-state index contributed by atoms with van der Waals surface area (Å²) in [4.78, 5) is 42.7. The number of amides is 1. The summed E-state index contributed by atoms with van der Waals surface area (Å²) in [6, 6.07) is 19.0. The minimum atomic E-state index is -1.78.